The minimum atomic E-state index is 0.753. The Bertz CT molecular complexity index is 491. The lowest BCUT2D eigenvalue weighted by Crippen LogP contribution is -1.89. The van der Waals surface area contributed by atoms with Crippen LogP contribution in [0.15, 0.2) is 43.0 Å². The lowest BCUT2D eigenvalue weighted by atomic mass is 10.1. The summed E-state index contributed by atoms with van der Waals surface area (Å²) in [6, 6.07) is 9.86. The predicted octanol–water partition coefficient (Wildman–Crippen LogP) is 4.01. The Hall–Kier alpha value is -1.34. The molecular weight excluding hydrogens is 206 g/mol. The average Bonchev–Trinajstić information content (AvgIpc) is 2.26. The minimum Gasteiger partial charge on any atom is -0.253 e. The fourth-order valence-corrected chi connectivity index (χ4v) is 1.71. The van der Waals surface area contributed by atoms with Crippen LogP contribution in [0.2, 0.25) is 5.02 Å². The van der Waals surface area contributed by atoms with Gasteiger partial charge in [-0.1, -0.05) is 23.7 Å². The molecule has 1 aromatic carbocycles. The molecule has 0 aliphatic carbocycles. The van der Waals surface area contributed by atoms with Crippen molar-refractivity contribution >= 4 is 22.5 Å². The van der Waals surface area contributed by atoms with Crippen molar-refractivity contribution in [3.63, 3.8) is 0 Å². The van der Waals surface area contributed by atoms with Crippen LogP contribution in [0.1, 0.15) is 12.1 Å². The molecule has 2 rings (SSSR count). The number of allylic oxidation sites excluding steroid dienone is 1. The molecule has 76 valence electrons. The van der Waals surface area contributed by atoms with E-state index >= 15 is 0 Å². The SMILES string of the molecule is C=CCCc1ccc2cc(Cl)ccc2n1. The predicted molar refractivity (Wildman–Crippen MR) is 65.3 cm³/mol. The molecule has 0 aliphatic rings. The van der Waals surface area contributed by atoms with Crippen molar-refractivity contribution in [2.24, 2.45) is 0 Å². The van der Waals surface area contributed by atoms with E-state index in [4.69, 9.17) is 11.6 Å². The molecule has 15 heavy (non-hydrogen) atoms. The Balaban J connectivity index is 2.38. The summed E-state index contributed by atoms with van der Waals surface area (Å²) in [4.78, 5) is 4.55. The molecule has 0 N–H and O–H groups in total. The second-order valence-corrected chi connectivity index (χ2v) is 3.90. The van der Waals surface area contributed by atoms with Crippen LogP contribution in [-0.4, -0.2) is 4.98 Å². The van der Waals surface area contributed by atoms with E-state index in [1.54, 1.807) is 0 Å². The highest BCUT2D eigenvalue weighted by atomic mass is 35.5. The lowest BCUT2D eigenvalue weighted by molar-refractivity contribution is 0.957. The van der Waals surface area contributed by atoms with E-state index in [-0.39, 0.29) is 0 Å². The quantitative estimate of drug-likeness (QED) is 0.708. The summed E-state index contributed by atoms with van der Waals surface area (Å²) < 4.78 is 0. The first-order valence-corrected chi connectivity index (χ1v) is 5.33. The second-order valence-electron chi connectivity index (χ2n) is 3.47. The number of benzene rings is 1. The first kappa shape index (κ1) is 10.2. The van der Waals surface area contributed by atoms with Crippen LogP contribution in [0.5, 0.6) is 0 Å². The molecule has 0 radical (unpaired) electrons. The monoisotopic (exact) mass is 217 g/mol. The van der Waals surface area contributed by atoms with Gasteiger partial charge < -0.3 is 0 Å². The van der Waals surface area contributed by atoms with Gasteiger partial charge in [-0.05, 0) is 37.1 Å². The van der Waals surface area contributed by atoms with E-state index in [9.17, 15) is 0 Å². The number of nitrogens with zero attached hydrogens (tertiary/aromatic N) is 1. The van der Waals surface area contributed by atoms with Gasteiger partial charge in [0, 0.05) is 16.1 Å². The number of halogens is 1. The van der Waals surface area contributed by atoms with Crippen molar-refractivity contribution in [1.29, 1.82) is 0 Å². The van der Waals surface area contributed by atoms with Gasteiger partial charge in [-0.25, -0.2) is 0 Å². The highest BCUT2D eigenvalue weighted by molar-refractivity contribution is 6.31. The summed E-state index contributed by atoms with van der Waals surface area (Å²) in [5, 5.41) is 1.84. The van der Waals surface area contributed by atoms with Crippen LogP contribution in [0.4, 0.5) is 0 Å². The van der Waals surface area contributed by atoms with Gasteiger partial charge in [0.25, 0.3) is 0 Å². The normalized spacial score (nSPS) is 10.5. The summed E-state index contributed by atoms with van der Waals surface area (Å²) in [5.74, 6) is 0. The molecule has 0 fully saturated rings. The highest BCUT2D eigenvalue weighted by Crippen LogP contribution is 2.18. The average molecular weight is 218 g/mol. The molecule has 0 saturated heterocycles. The van der Waals surface area contributed by atoms with Crippen molar-refractivity contribution in [3.05, 3.63) is 53.7 Å². The Morgan fingerprint density at radius 2 is 2.13 bits per heavy atom. The third-order valence-electron chi connectivity index (χ3n) is 2.31. The van der Waals surface area contributed by atoms with Gasteiger partial charge in [0.1, 0.15) is 0 Å². The minimum absolute atomic E-state index is 0.753. The lowest BCUT2D eigenvalue weighted by Gasteiger charge is -2.01. The molecule has 0 atom stereocenters. The second kappa shape index (κ2) is 4.45. The van der Waals surface area contributed by atoms with Crippen LogP contribution in [0.3, 0.4) is 0 Å². The fourth-order valence-electron chi connectivity index (χ4n) is 1.53. The smallest absolute Gasteiger partial charge is 0.0706 e. The summed E-state index contributed by atoms with van der Waals surface area (Å²) >= 11 is 5.90. The maximum atomic E-state index is 5.90. The summed E-state index contributed by atoms with van der Waals surface area (Å²) in [5.41, 5.74) is 2.10. The van der Waals surface area contributed by atoms with Crippen LogP contribution >= 0.6 is 11.6 Å². The zero-order chi connectivity index (χ0) is 10.7. The number of aryl methyl sites for hydroxylation is 1. The Morgan fingerprint density at radius 3 is 2.93 bits per heavy atom. The largest absolute Gasteiger partial charge is 0.253 e. The van der Waals surface area contributed by atoms with E-state index in [2.05, 4.69) is 17.6 Å². The van der Waals surface area contributed by atoms with E-state index < -0.39 is 0 Å². The highest BCUT2D eigenvalue weighted by Gasteiger charge is 1.98. The number of hydrogen-bond donors (Lipinski definition) is 0. The van der Waals surface area contributed by atoms with Gasteiger partial charge in [-0.2, -0.15) is 0 Å². The van der Waals surface area contributed by atoms with Gasteiger partial charge in [0.2, 0.25) is 0 Å². The maximum absolute atomic E-state index is 5.90. The van der Waals surface area contributed by atoms with Crippen LogP contribution in [-0.2, 0) is 6.42 Å². The standard InChI is InChI=1S/C13H12ClN/c1-2-3-4-12-7-5-10-9-11(14)6-8-13(10)15-12/h2,5-9H,1,3-4H2. The molecular formula is C13H12ClN. The molecule has 1 heterocycles. The number of rotatable bonds is 3. The van der Waals surface area contributed by atoms with E-state index in [1.165, 1.54) is 0 Å². The molecule has 0 spiro atoms. The zero-order valence-corrected chi connectivity index (χ0v) is 9.17. The van der Waals surface area contributed by atoms with Gasteiger partial charge in [0.15, 0.2) is 0 Å². The molecule has 2 aromatic rings. The van der Waals surface area contributed by atoms with Crippen LogP contribution < -0.4 is 0 Å². The van der Waals surface area contributed by atoms with Gasteiger partial charge >= 0.3 is 0 Å². The molecule has 0 saturated carbocycles. The van der Waals surface area contributed by atoms with Crippen molar-refractivity contribution in [1.82, 2.24) is 4.98 Å². The molecule has 0 aliphatic heterocycles. The maximum Gasteiger partial charge on any atom is 0.0706 e. The third kappa shape index (κ3) is 2.37. The number of fused-ring (bicyclic) bond motifs is 1. The summed E-state index contributed by atoms with van der Waals surface area (Å²) in [6.45, 7) is 3.70. The summed E-state index contributed by atoms with van der Waals surface area (Å²) in [7, 11) is 0. The van der Waals surface area contributed by atoms with E-state index in [0.29, 0.717) is 0 Å². The van der Waals surface area contributed by atoms with Crippen molar-refractivity contribution in [2.75, 3.05) is 0 Å². The van der Waals surface area contributed by atoms with Crippen LogP contribution in [0, 0.1) is 0 Å². The van der Waals surface area contributed by atoms with Crippen LogP contribution in [0.25, 0.3) is 10.9 Å². The van der Waals surface area contributed by atoms with Gasteiger partial charge in [-0.3, -0.25) is 4.98 Å². The van der Waals surface area contributed by atoms with Crippen molar-refractivity contribution < 1.29 is 0 Å². The molecule has 1 nitrogen and oxygen atoms in total. The number of pyridine rings is 1. The summed E-state index contributed by atoms with van der Waals surface area (Å²) in [6.07, 6.45) is 3.82. The topological polar surface area (TPSA) is 12.9 Å². The van der Waals surface area contributed by atoms with Crippen molar-refractivity contribution in [2.45, 2.75) is 12.8 Å². The first-order valence-electron chi connectivity index (χ1n) is 4.95. The van der Waals surface area contributed by atoms with E-state index in [1.807, 2.05) is 30.3 Å². The molecule has 0 amide bonds. The first-order chi connectivity index (χ1) is 7.29. The zero-order valence-electron chi connectivity index (χ0n) is 8.41. The molecule has 2 heteroatoms. The third-order valence-corrected chi connectivity index (χ3v) is 2.55. The molecule has 0 unspecified atom stereocenters. The Morgan fingerprint density at radius 1 is 1.27 bits per heavy atom. The number of aromatic nitrogens is 1. The Kier molecular flexibility index (Phi) is 3.02. The van der Waals surface area contributed by atoms with E-state index in [0.717, 1.165) is 34.5 Å². The Labute approximate surface area is 94.4 Å². The molecule has 1 aromatic heterocycles. The van der Waals surface area contributed by atoms with Gasteiger partial charge in [0.05, 0.1) is 5.52 Å². The fraction of sp³-hybridized carbons (Fsp3) is 0.154. The molecule has 0 bridgehead atoms. The number of hydrogen-bond acceptors (Lipinski definition) is 1. The van der Waals surface area contributed by atoms with Crippen molar-refractivity contribution in [3.8, 4) is 0 Å². The van der Waals surface area contributed by atoms with Gasteiger partial charge in [-0.15, -0.1) is 6.58 Å².